The molecule has 0 unspecified atom stereocenters. The van der Waals surface area contributed by atoms with Crippen LogP contribution in [-0.4, -0.2) is 39.0 Å². The first kappa shape index (κ1) is 17.8. The monoisotopic (exact) mass is 315 g/mol. The van der Waals surface area contributed by atoms with Gasteiger partial charge in [-0.2, -0.15) is 4.31 Å². The Balaban J connectivity index is 3.46. The number of ether oxygens (including phenoxy) is 2. The van der Waals surface area contributed by atoms with Gasteiger partial charge in [0.15, 0.2) is 0 Å². The number of benzene rings is 1. The zero-order valence-corrected chi connectivity index (χ0v) is 14.3. The zero-order valence-electron chi connectivity index (χ0n) is 13.5. The molecule has 5 nitrogen and oxygen atoms in total. The second-order valence-electron chi connectivity index (χ2n) is 4.52. The van der Waals surface area contributed by atoms with Crippen molar-refractivity contribution in [1.29, 1.82) is 0 Å². The number of nitrogens with zero attached hydrogens (tertiary/aromatic N) is 1. The molecule has 0 aromatic heterocycles. The number of aryl methyl sites for hydroxylation is 1. The fourth-order valence-corrected chi connectivity index (χ4v) is 3.71. The van der Waals surface area contributed by atoms with Gasteiger partial charge in [0.2, 0.25) is 10.0 Å². The fraction of sp³-hybridized carbons (Fsp3) is 0.600. The van der Waals surface area contributed by atoms with Gasteiger partial charge in [0.1, 0.15) is 16.4 Å². The van der Waals surface area contributed by atoms with E-state index >= 15 is 0 Å². The van der Waals surface area contributed by atoms with E-state index in [2.05, 4.69) is 0 Å². The molecular weight excluding hydrogens is 290 g/mol. The molecule has 0 atom stereocenters. The van der Waals surface area contributed by atoms with Crippen molar-refractivity contribution in [3.05, 3.63) is 17.7 Å². The smallest absolute Gasteiger partial charge is 0.246 e. The van der Waals surface area contributed by atoms with Crippen LogP contribution in [0.5, 0.6) is 11.5 Å². The van der Waals surface area contributed by atoms with Crippen molar-refractivity contribution in [1.82, 2.24) is 4.31 Å². The topological polar surface area (TPSA) is 55.8 Å². The summed E-state index contributed by atoms with van der Waals surface area (Å²) >= 11 is 0. The summed E-state index contributed by atoms with van der Waals surface area (Å²) in [4.78, 5) is 0.169. The number of hydrogen-bond acceptors (Lipinski definition) is 4. The van der Waals surface area contributed by atoms with E-state index < -0.39 is 10.0 Å². The van der Waals surface area contributed by atoms with Gasteiger partial charge in [0.25, 0.3) is 0 Å². The van der Waals surface area contributed by atoms with E-state index in [-0.39, 0.29) is 4.90 Å². The molecule has 1 rings (SSSR count). The predicted octanol–water partition coefficient (Wildman–Crippen LogP) is 2.82. The molecule has 0 radical (unpaired) electrons. The minimum atomic E-state index is -3.58. The molecule has 0 aliphatic rings. The van der Waals surface area contributed by atoms with E-state index in [0.717, 1.165) is 5.56 Å². The summed E-state index contributed by atoms with van der Waals surface area (Å²) in [6.07, 6.45) is 0. The van der Waals surface area contributed by atoms with E-state index in [1.54, 1.807) is 12.1 Å². The highest BCUT2D eigenvalue weighted by Gasteiger charge is 2.27. The lowest BCUT2D eigenvalue weighted by Gasteiger charge is -2.21. The largest absolute Gasteiger partial charge is 0.494 e. The Morgan fingerprint density at radius 2 is 1.48 bits per heavy atom. The summed E-state index contributed by atoms with van der Waals surface area (Å²) in [6.45, 7) is 11.0. The summed E-state index contributed by atoms with van der Waals surface area (Å²) in [7, 11) is -3.58. The highest BCUT2D eigenvalue weighted by molar-refractivity contribution is 7.89. The van der Waals surface area contributed by atoms with Crippen LogP contribution in [0, 0.1) is 6.92 Å². The van der Waals surface area contributed by atoms with Crippen molar-refractivity contribution in [3.63, 3.8) is 0 Å². The average molecular weight is 315 g/mol. The first-order chi connectivity index (χ1) is 9.92. The molecule has 1 aromatic carbocycles. The van der Waals surface area contributed by atoms with E-state index in [1.807, 2.05) is 34.6 Å². The van der Waals surface area contributed by atoms with Crippen LogP contribution in [0.2, 0.25) is 0 Å². The first-order valence-corrected chi connectivity index (χ1v) is 8.76. The maximum absolute atomic E-state index is 12.7. The van der Waals surface area contributed by atoms with E-state index in [1.165, 1.54) is 4.31 Å². The summed E-state index contributed by atoms with van der Waals surface area (Å²) < 4.78 is 37.9. The molecular formula is C15H25NO4S. The lowest BCUT2D eigenvalue weighted by Crippen LogP contribution is -2.31. The molecule has 0 aliphatic carbocycles. The highest BCUT2D eigenvalue weighted by atomic mass is 32.2. The summed E-state index contributed by atoms with van der Waals surface area (Å²) in [5, 5.41) is 0. The normalized spacial score (nSPS) is 11.7. The first-order valence-electron chi connectivity index (χ1n) is 7.32. The average Bonchev–Trinajstić information content (AvgIpc) is 2.43. The van der Waals surface area contributed by atoms with Crippen LogP contribution in [0.4, 0.5) is 0 Å². The zero-order chi connectivity index (χ0) is 16.0. The van der Waals surface area contributed by atoms with Crippen molar-refractivity contribution >= 4 is 10.0 Å². The molecule has 0 bridgehead atoms. The number of hydrogen-bond donors (Lipinski definition) is 0. The second kappa shape index (κ2) is 7.66. The van der Waals surface area contributed by atoms with Gasteiger partial charge in [-0.1, -0.05) is 13.8 Å². The Kier molecular flexibility index (Phi) is 6.48. The van der Waals surface area contributed by atoms with Gasteiger partial charge in [-0.25, -0.2) is 8.42 Å². The summed E-state index contributed by atoms with van der Waals surface area (Å²) in [5.41, 5.74) is 0.860. The van der Waals surface area contributed by atoms with Crippen LogP contribution in [0.3, 0.4) is 0 Å². The minimum absolute atomic E-state index is 0.169. The summed E-state index contributed by atoms with van der Waals surface area (Å²) in [6, 6.07) is 3.29. The standard InChI is InChI=1S/C15H25NO4S/c1-6-16(7-2)21(17,18)15-11-13(19-8-3)12(5)10-14(15)20-9-4/h10-11H,6-9H2,1-5H3. The molecule has 0 fully saturated rings. The molecule has 120 valence electrons. The van der Waals surface area contributed by atoms with Crippen LogP contribution in [0.15, 0.2) is 17.0 Å². The van der Waals surface area contributed by atoms with E-state index in [4.69, 9.17) is 9.47 Å². The molecule has 0 saturated carbocycles. The van der Waals surface area contributed by atoms with Crippen molar-refractivity contribution in [2.24, 2.45) is 0 Å². The second-order valence-corrected chi connectivity index (χ2v) is 6.43. The predicted molar refractivity (Wildman–Crippen MR) is 83.6 cm³/mol. The Bertz CT molecular complexity index is 565. The van der Waals surface area contributed by atoms with Crippen LogP contribution in [0.1, 0.15) is 33.3 Å². The Hall–Kier alpha value is -1.27. The maximum Gasteiger partial charge on any atom is 0.246 e. The molecule has 0 aliphatic heterocycles. The summed E-state index contributed by atoms with van der Waals surface area (Å²) in [5.74, 6) is 0.956. The third kappa shape index (κ3) is 3.89. The van der Waals surface area contributed by atoms with Crippen LogP contribution in [0.25, 0.3) is 0 Å². The maximum atomic E-state index is 12.7. The van der Waals surface area contributed by atoms with Crippen LogP contribution >= 0.6 is 0 Å². The molecule has 0 heterocycles. The van der Waals surface area contributed by atoms with Crippen LogP contribution in [-0.2, 0) is 10.0 Å². The molecule has 0 spiro atoms. The minimum Gasteiger partial charge on any atom is -0.494 e. The number of sulfonamides is 1. The third-order valence-corrected chi connectivity index (χ3v) is 5.24. The quantitative estimate of drug-likeness (QED) is 0.740. The van der Waals surface area contributed by atoms with E-state index in [9.17, 15) is 8.42 Å². The Morgan fingerprint density at radius 1 is 0.952 bits per heavy atom. The Morgan fingerprint density at radius 3 is 1.95 bits per heavy atom. The van der Waals surface area contributed by atoms with E-state index in [0.29, 0.717) is 37.8 Å². The molecule has 0 saturated heterocycles. The van der Waals surface area contributed by atoms with Gasteiger partial charge in [-0.3, -0.25) is 0 Å². The molecule has 6 heteroatoms. The van der Waals surface area contributed by atoms with Gasteiger partial charge in [0, 0.05) is 19.2 Å². The van der Waals surface area contributed by atoms with Crippen molar-refractivity contribution in [2.45, 2.75) is 39.5 Å². The van der Waals surface area contributed by atoms with Gasteiger partial charge >= 0.3 is 0 Å². The Labute approximate surface area is 127 Å². The molecule has 0 N–H and O–H groups in total. The molecule has 0 amide bonds. The van der Waals surface area contributed by atoms with Gasteiger partial charge in [-0.05, 0) is 32.4 Å². The number of rotatable bonds is 8. The highest BCUT2D eigenvalue weighted by Crippen LogP contribution is 2.33. The molecule has 1 aromatic rings. The van der Waals surface area contributed by atoms with Crippen LogP contribution < -0.4 is 9.47 Å². The van der Waals surface area contributed by atoms with Crippen molar-refractivity contribution < 1.29 is 17.9 Å². The fourth-order valence-electron chi connectivity index (χ4n) is 2.13. The lowest BCUT2D eigenvalue weighted by atomic mass is 10.2. The van der Waals surface area contributed by atoms with Crippen molar-refractivity contribution in [2.75, 3.05) is 26.3 Å². The van der Waals surface area contributed by atoms with Gasteiger partial charge < -0.3 is 9.47 Å². The third-order valence-electron chi connectivity index (χ3n) is 3.16. The van der Waals surface area contributed by atoms with Gasteiger partial charge in [-0.15, -0.1) is 0 Å². The molecule has 21 heavy (non-hydrogen) atoms. The SMILES string of the molecule is CCOc1cc(S(=O)(=O)N(CC)CC)c(OCC)cc1C. The van der Waals surface area contributed by atoms with Gasteiger partial charge in [0.05, 0.1) is 13.2 Å². The van der Waals surface area contributed by atoms with Crippen molar-refractivity contribution in [3.8, 4) is 11.5 Å². The lowest BCUT2D eigenvalue weighted by molar-refractivity contribution is 0.319.